The Balaban J connectivity index is 1.32. The fourth-order valence-electron chi connectivity index (χ4n) is 4.24. The Hall–Kier alpha value is -3.35. The number of piperidine rings is 1. The largest absolute Gasteiger partial charge is 0.341 e. The summed E-state index contributed by atoms with van der Waals surface area (Å²) in [5.41, 5.74) is 5.25. The third-order valence-corrected chi connectivity index (χ3v) is 6.18. The van der Waals surface area contributed by atoms with E-state index in [1.54, 1.807) is 0 Å². The van der Waals surface area contributed by atoms with E-state index in [4.69, 9.17) is 10.1 Å². The first-order valence-electron chi connectivity index (χ1n) is 10.9. The first-order chi connectivity index (χ1) is 15.1. The highest BCUT2D eigenvalue weighted by Crippen LogP contribution is 2.29. The van der Waals surface area contributed by atoms with Crippen LogP contribution in [-0.4, -0.2) is 42.8 Å². The van der Waals surface area contributed by atoms with Gasteiger partial charge in [-0.3, -0.25) is 14.6 Å². The molecule has 158 valence electrons. The van der Waals surface area contributed by atoms with Gasteiger partial charge in [-0.15, -0.1) is 0 Å². The van der Waals surface area contributed by atoms with Crippen LogP contribution in [-0.2, 0) is 0 Å². The first-order valence-corrected chi connectivity index (χ1v) is 10.9. The molecule has 0 unspecified atom stereocenters. The Kier molecular flexibility index (Phi) is 5.10. The number of rotatable bonds is 4. The van der Waals surface area contributed by atoms with E-state index >= 15 is 0 Å². The minimum absolute atomic E-state index is 0.358. The number of pyridine rings is 2. The van der Waals surface area contributed by atoms with Gasteiger partial charge in [0.2, 0.25) is 5.95 Å². The fourth-order valence-corrected chi connectivity index (χ4v) is 4.24. The van der Waals surface area contributed by atoms with Gasteiger partial charge in [0, 0.05) is 48.3 Å². The van der Waals surface area contributed by atoms with Crippen LogP contribution in [0.5, 0.6) is 0 Å². The number of hydrogen-bond acceptors (Lipinski definition) is 6. The minimum atomic E-state index is 0.358. The molecule has 0 amide bonds. The summed E-state index contributed by atoms with van der Waals surface area (Å²) in [5.74, 6) is 1.27. The molecule has 7 heteroatoms. The van der Waals surface area contributed by atoms with E-state index in [0.29, 0.717) is 12.0 Å². The lowest BCUT2D eigenvalue weighted by molar-refractivity contribution is 0.373. The van der Waals surface area contributed by atoms with Gasteiger partial charge in [-0.05, 0) is 49.4 Å². The summed E-state index contributed by atoms with van der Waals surface area (Å²) in [6.45, 7) is 8.18. The van der Waals surface area contributed by atoms with E-state index in [1.807, 2.05) is 44.0 Å². The van der Waals surface area contributed by atoms with E-state index < -0.39 is 0 Å². The van der Waals surface area contributed by atoms with E-state index in [1.165, 1.54) is 5.56 Å². The van der Waals surface area contributed by atoms with Gasteiger partial charge in [-0.1, -0.05) is 13.8 Å². The molecule has 0 radical (unpaired) electrons. The van der Waals surface area contributed by atoms with Gasteiger partial charge in [-0.2, -0.15) is 5.10 Å². The molecule has 0 aliphatic carbocycles. The normalized spacial score (nSPS) is 15.2. The van der Waals surface area contributed by atoms with Gasteiger partial charge < -0.3 is 4.90 Å². The molecule has 5 rings (SSSR count). The van der Waals surface area contributed by atoms with Crippen LogP contribution >= 0.6 is 0 Å². The topological polar surface area (TPSA) is 72.6 Å². The maximum Gasteiger partial charge on any atom is 0.225 e. The second kappa shape index (κ2) is 8.06. The van der Waals surface area contributed by atoms with Crippen molar-refractivity contribution in [2.45, 2.75) is 45.6 Å². The quantitative estimate of drug-likeness (QED) is 0.488. The number of nitrogens with zero attached hydrogens (tertiary/aromatic N) is 7. The average Bonchev–Trinajstić information content (AvgIpc) is 3.23. The smallest absolute Gasteiger partial charge is 0.225 e. The van der Waals surface area contributed by atoms with Gasteiger partial charge in [0.15, 0.2) is 0 Å². The lowest BCUT2D eigenvalue weighted by Crippen LogP contribution is -2.36. The molecule has 0 aromatic carbocycles. The van der Waals surface area contributed by atoms with Crippen molar-refractivity contribution >= 4 is 16.9 Å². The van der Waals surface area contributed by atoms with Crippen molar-refractivity contribution in [1.82, 2.24) is 29.7 Å². The van der Waals surface area contributed by atoms with Gasteiger partial charge in [-0.25, -0.2) is 9.97 Å². The molecule has 4 aromatic heterocycles. The molecule has 5 heterocycles. The molecule has 0 spiro atoms. The monoisotopic (exact) mass is 413 g/mol. The van der Waals surface area contributed by atoms with Crippen LogP contribution in [0.3, 0.4) is 0 Å². The average molecular weight is 414 g/mol. The molecule has 1 aliphatic heterocycles. The van der Waals surface area contributed by atoms with Crippen molar-refractivity contribution in [1.29, 1.82) is 0 Å². The van der Waals surface area contributed by atoms with Crippen LogP contribution in [0.25, 0.3) is 22.2 Å². The molecule has 0 saturated carbocycles. The number of anilines is 1. The number of fused-ring (bicyclic) bond motifs is 1. The summed E-state index contributed by atoms with van der Waals surface area (Å²) in [4.78, 5) is 20.5. The molecule has 0 atom stereocenters. The summed E-state index contributed by atoms with van der Waals surface area (Å²) in [5, 5.41) is 5.83. The first kappa shape index (κ1) is 19.6. The third kappa shape index (κ3) is 3.76. The second-order valence-corrected chi connectivity index (χ2v) is 8.54. The highest BCUT2D eigenvalue weighted by atomic mass is 15.3. The second-order valence-electron chi connectivity index (χ2n) is 8.54. The lowest BCUT2D eigenvalue weighted by atomic mass is 10.0. The van der Waals surface area contributed by atoms with Crippen LogP contribution in [0.4, 0.5) is 5.95 Å². The molecule has 1 aliphatic rings. The maximum absolute atomic E-state index is 4.72. The molecule has 0 bridgehead atoms. The van der Waals surface area contributed by atoms with Crippen molar-refractivity contribution < 1.29 is 0 Å². The Morgan fingerprint density at radius 3 is 2.45 bits per heavy atom. The zero-order valence-corrected chi connectivity index (χ0v) is 18.2. The molecular weight excluding hydrogens is 386 g/mol. The van der Waals surface area contributed by atoms with Gasteiger partial charge in [0.05, 0.1) is 29.6 Å². The molecule has 0 N–H and O–H groups in total. The van der Waals surface area contributed by atoms with Crippen LogP contribution < -0.4 is 4.90 Å². The highest BCUT2D eigenvalue weighted by Gasteiger charge is 2.24. The van der Waals surface area contributed by atoms with Crippen LogP contribution in [0, 0.1) is 6.92 Å². The van der Waals surface area contributed by atoms with Crippen molar-refractivity contribution in [3.8, 4) is 11.3 Å². The summed E-state index contributed by atoms with van der Waals surface area (Å²) in [6.07, 6.45) is 11.6. The van der Waals surface area contributed by atoms with Crippen LogP contribution in [0.1, 0.15) is 49.9 Å². The molecule has 31 heavy (non-hydrogen) atoms. The van der Waals surface area contributed by atoms with E-state index in [2.05, 4.69) is 50.5 Å². The molecule has 1 fully saturated rings. The van der Waals surface area contributed by atoms with Crippen molar-refractivity contribution in [2.75, 3.05) is 18.0 Å². The van der Waals surface area contributed by atoms with Crippen molar-refractivity contribution in [2.24, 2.45) is 0 Å². The summed E-state index contributed by atoms with van der Waals surface area (Å²) in [7, 11) is 0. The molecule has 1 saturated heterocycles. The predicted molar refractivity (Wildman–Crippen MR) is 122 cm³/mol. The highest BCUT2D eigenvalue weighted by molar-refractivity contribution is 5.82. The van der Waals surface area contributed by atoms with E-state index in [9.17, 15) is 0 Å². The van der Waals surface area contributed by atoms with Crippen molar-refractivity contribution in [3.63, 3.8) is 0 Å². The molecule has 7 nitrogen and oxygen atoms in total. The Morgan fingerprint density at radius 1 is 0.968 bits per heavy atom. The van der Waals surface area contributed by atoms with Crippen molar-refractivity contribution in [3.05, 3.63) is 60.4 Å². The third-order valence-electron chi connectivity index (χ3n) is 6.18. The number of aromatic nitrogens is 6. The Bertz CT molecular complexity index is 1190. The number of aryl methyl sites for hydroxylation is 1. The van der Waals surface area contributed by atoms with Crippen LogP contribution in [0.15, 0.2) is 49.2 Å². The Labute approximate surface area is 182 Å². The summed E-state index contributed by atoms with van der Waals surface area (Å²) >= 11 is 0. The van der Waals surface area contributed by atoms with E-state index in [-0.39, 0.29) is 0 Å². The summed E-state index contributed by atoms with van der Waals surface area (Å²) in [6, 6.07) is 6.48. The molecule has 4 aromatic rings. The zero-order chi connectivity index (χ0) is 21.4. The van der Waals surface area contributed by atoms with Gasteiger partial charge in [0.1, 0.15) is 0 Å². The van der Waals surface area contributed by atoms with Gasteiger partial charge in [0.25, 0.3) is 0 Å². The number of hydrogen-bond donors (Lipinski definition) is 0. The SMILES string of the molecule is Cc1ncccc1-c1cc2cnn(C3CCN(c4ncc(C(C)C)cn4)CC3)c2cn1. The van der Waals surface area contributed by atoms with E-state index in [0.717, 1.165) is 59.7 Å². The zero-order valence-electron chi connectivity index (χ0n) is 18.2. The van der Waals surface area contributed by atoms with Gasteiger partial charge >= 0.3 is 0 Å². The fraction of sp³-hybridized carbons (Fsp3) is 0.375. The maximum atomic E-state index is 4.72. The van der Waals surface area contributed by atoms with Crippen LogP contribution in [0.2, 0.25) is 0 Å². The standard InChI is InChI=1S/C24H27N7/c1-16(2)19-12-27-24(28-13-19)30-9-6-20(7-10-30)31-23-15-26-22(11-18(23)14-29-31)21-5-4-8-25-17(21)3/h4-5,8,11-16,20H,6-7,9-10H2,1-3H3. The summed E-state index contributed by atoms with van der Waals surface area (Å²) < 4.78 is 2.14. The minimum Gasteiger partial charge on any atom is -0.341 e. The molecular formula is C24H27N7. The predicted octanol–water partition coefficient (Wildman–Crippen LogP) is 4.56. The lowest BCUT2D eigenvalue weighted by Gasteiger charge is -2.32. The Morgan fingerprint density at radius 2 is 1.74 bits per heavy atom.